The summed E-state index contributed by atoms with van der Waals surface area (Å²) in [6.07, 6.45) is 0. The fourth-order valence-electron chi connectivity index (χ4n) is 0.854. The van der Waals surface area contributed by atoms with Gasteiger partial charge in [0.1, 0.15) is 5.78 Å². The minimum atomic E-state index is 0.269. The predicted molar refractivity (Wildman–Crippen MR) is 36.1 cm³/mol. The maximum atomic E-state index is 10.9. The Kier molecular flexibility index (Phi) is 1.61. The molecule has 8 heavy (non-hydrogen) atoms. The molecule has 0 aliphatic carbocycles. The van der Waals surface area contributed by atoms with E-state index in [4.69, 9.17) is 0 Å². The van der Waals surface area contributed by atoms with Crippen LogP contribution < -0.4 is 0 Å². The van der Waals surface area contributed by atoms with Gasteiger partial charge in [0.05, 0.1) is 5.25 Å². The zero-order valence-corrected chi connectivity index (χ0v) is 5.99. The summed E-state index contributed by atoms with van der Waals surface area (Å²) in [7, 11) is 0. The normalized spacial score (nSPS) is 38.5. The molecule has 0 unspecified atom stereocenters. The Balaban J connectivity index is 2.57. The van der Waals surface area contributed by atoms with Crippen molar-refractivity contribution in [1.29, 1.82) is 0 Å². The van der Waals surface area contributed by atoms with Crippen LogP contribution in [0.15, 0.2) is 0 Å². The molecule has 2 heteroatoms. The van der Waals surface area contributed by atoms with Crippen LogP contribution in [0.5, 0.6) is 0 Å². The molecule has 0 aromatic carbocycles. The molecule has 1 aliphatic heterocycles. The van der Waals surface area contributed by atoms with E-state index in [1.807, 2.05) is 13.8 Å². The zero-order valence-electron chi connectivity index (χ0n) is 5.18. The summed E-state index contributed by atoms with van der Waals surface area (Å²) < 4.78 is 0. The first kappa shape index (κ1) is 6.14. The molecule has 1 nitrogen and oxygen atoms in total. The van der Waals surface area contributed by atoms with Crippen molar-refractivity contribution in [2.24, 2.45) is 5.92 Å². The largest absolute Gasteiger partial charge is 0.298 e. The third-order valence-electron chi connectivity index (χ3n) is 1.48. The quantitative estimate of drug-likeness (QED) is 0.492. The van der Waals surface area contributed by atoms with E-state index in [0.717, 1.165) is 5.75 Å². The summed E-state index contributed by atoms with van der Waals surface area (Å²) in [4.78, 5) is 10.9. The fraction of sp³-hybridized carbons (Fsp3) is 0.833. The monoisotopic (exact) mass is 130 g/mol. The van der Waals surface area contributed by atoms with E-state index >= 15 is 0 Å². The second-order valence-corrected chi connectivity index (χ2v) is 3.65. The molecule has 0 bridgehead atoms. The van der Waals surface area contributed by atoms with Crippen molar-refractivity contribution in [3.05, 3.63) is 0 Å². The molecule has 0 saturated carbocycles. The molecule has 0 spiro atoms. The second kappa shape index (κ2) is 2.09. The Morgan fingerprint density at radius 3 is 2.38 bits per heavy atom. The molecule has 0 radical (unpaired) electrons. The van der Waals surface area contributed by atoms with E-state index in [0.29, 0.717) is 11.7 Å². The lowest BCUT2D eigenvalue weighted by molar-refractivity contribution is -0.120. The van der Waals surface area contributed by atoms with Gasteiger partial charge in [-0.25, -0.2) is 0 Å². The maximum absolute atomic E-state index is 10.9. The lowest BCUT2D eigenvalue weighted by atomic mass is 10.1. The first-order valence-corrected chi connectivity index (χ1v) is 3.92. The standard InChI is InChI=1S/C6H10OS/c1-4-3-8-5(2)6(4)7/h4-5H,3H2,1-2H3/t4-,5+/m0/s1. The fourth-order valence-corrected chi connectivity index (χ4v) is 1.99. The Morgan fingerprint density at radius 1 is 1.62 bits per heavy atom. The Hall–Kier alpha value is 0.0200. The highest BCUT2D eigenvalue weighted by molar-refractivity contribution is 8.01. The number of hydrogen-bond donors (Lipinski definition) is 0. The van der Waals surface area contributed by atoms with E-state index in [9.17, 15) is 4.79 Å². The Bertz CT molecular complexity index is 99.1. The molecule has 0 aromatic heterocycles. The highest BCUT2D eigenvalue weighted by Crippen LogP contribution is 2.26. The molecule has 1 heterocycles. The molecule has 1 fully saturated rings. The van der Waals surface area contributed by atoms with Crippen molar-refractivity contribution in [3.63, 3.8) is 0 Å². The predicted octanol–water partition coefficient (Wildman–Crippen LogP) is 1.33. The third kappa shape index (κ3) is 0.895. The van der Waals surface area contributed by atoms with Crippen LogP contribution in [0.25, 0.3) is 0 Å². The summed E-state index contributed by atoms with van der Waals surface area (Å²) in [5.74, 6) is 1.77. The maximum Gasteiger partial charge on any atom is 0.149 e. The van der Waals surface area contributed by atoms with Crippen molar-refractivity contribution in [2.75, 3.05) is 5.75 Å². The van der Waals surface area contributed by atoms with E-state index in [2.05, 4.69) is 0 Å². The molecule has 46 valence electrons. The van der Waals surface area contributed by atoms with Crippen molar-refractivity contribution in [3.8, 4) is 0 Å². The number of ketones is 1. The number of rotatable bonds is 0. The van der Waals surface area contributed by atoms with Crippen LogP contribution in [0.1, 0.15) is 13.8 Å². The van der Waals surface area contributed by atoms with Crippen LogP contribution in [-0.2, 0) is 4.79 Å². The summed E-state index contributed by atoms with van der Waals surface area (Å²) in [6.45, 7) is 3.98. The van der Waals surface area contributed by atoms with Crippen LogP contribution >= 0.6 is 11.8 Å². The van der Waals surface area contributed by atoms with Gasteiger partial charge >= 0.3 is 0 Å². The van der Waals surface area contributed by atoms with Crippen molar-refractivity contribution < 1.29 is 4.79 Å². The molecule has 1 aliphatic rings. The molecule has 0 amide bonds. The van der Waals surface area contributed by atoms with Crippen molar-refractivity contribution in [1.82, 2.24) is 0 Å². The highest BCUT2D eigenvalue weighted by Gasteiger charge is 2.27. The van der Waals surface area contributed by atoms with Crippen molar-refractivity contribution >= 4 is 17.5 Å². The van der Waals surface area contributed by atoms with Gasteiger partial charge < -0.3 is 0 Å². The van der Waals surface area contributed by atoms with Gasteiger partial charge in [-0.2, -0.15) is 11.8 Å². The molecular formula is C6H10OS. The molecule has 0 aromatic rings. The number of carbonyl (C=O) groups is 1. The SMILES string of the molecule is C[C@H]1CS[C@H](C)C1=O. The highest BCUT2D eigenvalue weighted by atomic mass is 32.2. The topological polar surface area (TPSA) is 17.1 Å². The van der Waals surface area contributed by atoms with Gasteiger partial charge in [-0.1, -0.05) is 6.92 Å². The van der Waals surface area contributed by atoms with E-state index in [-0.39, 0.29) is 5.25 Å². The summed E-state index contributed by atoms with van der Waals surface area (Å²) in [6, 6.07) is 0. The number of Topliss-reactive ketones (excluding diaryl/α,β-unsaturated/α-hetero) is 1. The first-order valence-electron chi connectivity index (χ1n) is 2.87. The Morgan fingerprint density at radius 2 is 2.25 bits per heavy atom. The van der Waals surface area contributed by atoms with Crippen LogP contribution in [0.3, 0.4) is 0 Å². The summed E-state index contributed by atoms with van der Waals surface area (Å²) >= 11 is 1.76. The molecular weight excluding hydrogens is 120 g/mol. The minimum Gasteiger partial charge on any atom is -0.298 e. The van der Waals surface area contributed by atoms with Crippen LogP contribution in [0.2, 0.25) is 0 Å². The van der Waals surface area contributed by atoms with E-state index in [1.165, 1.54) is 0 Å². The van der Waals surface area contributed by atoms with Gasteiger partial charge in [0, 0.05) is 11.7 Å². The third-order valence-corrected chi connectivity index (χ3v) is 2.91. The van der Waals surface area contributed by atoms with E-state index < -0.39 is 0 Å². The number of carbonyl (C=O) groups excluding carboxylic acids is 1. The van der Waals surface area contributed by atoms with Gasteiger partial charge in [-0.05, 0) is 6.92 Å². The molecule has 0 N–H and O–H groups in total. The first-order chi connectivity index (χ1) is 3.72. The Labute approximate surface area is 53.8 Å². The van der Waals surface area contributed by atoms with Crippen LogP contribution in [-0.4, -0.2) is 16.8 Å². The van der Waals surface area contributed by atoms with Gasteiger partial charge in [-0.3, -0.25) is 4.79 Å². The average molecular weight is 130 g/mol. The smallest absolute Gasteiger partial charge is 0.149 e. The molecule has 1 saturated heterocycles. The number of hydrogen-bond acceptors (Lipinski definition) is 2. The van der Waals surface area contributed by atoms with E-state index in [1.54, 1.807) is 11.8 Å². The summed E-state index contributed by atoms with van der Waals surface area (Å²) in [5.41, 5.74) is 0. The number of thioether (sulfide) groups is 1. The minimum absolute atomic E-state index is 0.269. The summed E-state index contributed by atoms with van der Waals surface area (Å²) in [5, 5.41) is 0.269. The van der Waals surface area contributed by atoms with Crippen LogP contribution in [0.4, 0.5) is 0 Å². The van der Waals surface area contributed by atoms with Gasteiger partial charge in [-0.15, -0.1) is 0 Å². The van der Waals surface area contributed by atoms with Gasteiger partial charge in [0.25, 0.3) is 0 Å². The zero-order chi connectivity index (χ0) is 6.15. The lowest BCUT2D eigenvalue weighted by Gasteiger charge is -1.95. The van der Waals surface area contributed by atoms with Gasteiger partial charge in [0.15, 0.2) is 0 Å². The molecule has 2 atom stereocenters. The lowest BCUT2D eigenvalue weighted by Crippen LogP contribution is -2.12. The second-order valence-electron chi connectivity index (χ2n) is 2.28. The van der Waals surface area contributed by atoms with Gasteiger partial charge in [0.2, 0.25) is 0 Å². The average Bonchev–Trinajstić information content (AvgIpc) is 1.98. The molecule has 1 rings (SSSR count). The van der Waals surface area contributed by atoms with Crippen LogP contribution in [0, 0.1) is 5.92 Å². The van der Waals surface area contributed by atoms with Crippen molar-refractivity contribution in [2.45, 2.75) is 19.1 Å².